The van der Waals surface area contributed by atoms with E-state index in [-0.39, 0.29) is 43.9 Å². The molecule has 0 spiro atoms. The minimum absolute atomic E-state index is 0.000883. The molecule has 0 radical (unpaired) electrons. The van der Waals surface area contributed by atoms with Crippen LogP contribution in [0.2, 0.25) is 10.0 Å². The summed E-state index contributed by atoms with van der Waals surface area (Å²) in [5.74, 6) is -6.15. The zero-order valence-corrected chi connectivity index (χ0v) is 36.5. The van der Waals surface area contributed by atoms with Gasteiger partial charge in [0.2, 0.25) is 0 Å². The quantitative estimate of drug-likeness (QED) is 0.0264. The Labute approximate surface area is 370 Å². The number of amides is 2. The number of hydrogen-bond acceptors (Lipinski definition) is 11. The molecule has 1 unspecified atom stereocenters. The van der Waals surface area contributed by atoms with E-state index in [0.717, 1.165) is 62.1 Å². The van der Waals surface area contributed by atoms with Crippen molar-refractivity contribution in [3.05, 3.63) is 79.0 Å². The van der Waals surface area contributed by atoms with Crippen LogP contribution in [-0.2, 0) is 39.7 Å². The summed E-state index contributed by atoms with van der Waals surface area (Å²) < 4.78 is 75.3. The third kappa shape index (κ3) is 14.9. The van der Waals surface area contributed by atoms with Gasteiger partial charge in [-0.3, -0.25) is 29.1 Å². The number of esters is 1. The first-order valence-corrected chi connectivity index (χ1v) is 21.6. The molecule has 63 heavy (non-hydrogen) atoms. The summed E-state index contributed by atoms with van der Waals surface area (Å²) in [5, 5.41) is 21.0. The van der Waals surface area contributed by atoms with Crippen LogP contribution in [0.1, 0.15) is 69.8 Å². The second kappa shape index (κ2) is 23.7. The van der Waals surface area contributed by atoms with Crippen molar-refractivity contribution in [3.8, 4) is 11.4 Å². The lowest BCUT2D eigenvalue weighted by atomic mass is 9.93. The highest BCUT2D eigenvalue weighted by Gasteiger charge is 2.41. The second-order valence-corrected chi connectivity index (χ2v) is 16.5. The molecule has 26 heteroatoms. The molecule has 1 aliphatic heterocycles. The van der Waals surface area contributed by atoms with Gasteiger partial charge < -0.3 is 29.5 Å². The fraction of sp³-hybridized carbons (Fsp3) is 0.432. The van der Waals surface area contributed by atoms with Gasteiger partial charge >= 0.3 is 37.7 Å². The van der Waals surface area contributed by atoms with E-state index in [1.165, 1.54) is 6.07 Å². The minimum Gasteiger partial charge on any atom is -0.480 e. The van der Waals surface area contributed by atoms with Crippen LogP contribution in [0.3, 0.4) is 0 Å². The Hall–Kier alpha value is -4.83. The van der Waals surface area contributed by atoms with Gasteiger partial charge in [0.25, 0.3) is 11.8 Å². The molecule has 5 N–H and O–H groups in total. The number of carboxylic acid groups (broad SMARTS) is 2. The molecule has 2 heterocycles. The topological polar surface area (TPSA) is 257 Å². The maximum atomic E-state index is 14.5. The SMILES string of the molecule is CCCCCOC(=O)COc1cc(N2C(=O)C3=C(CCCC3)C2=O)c(F)cc1Cl.Cc1nn(-c2cc(CC(Cl)C(=O)O)c(Cl)cc2F)c(=O)n1C(F)F.O=C(O)CNCP(=O)(O)O. The van der Waals surface area contributed by atoms with Gasteiger partial charge in [0, 0.05) is 28.7 Å². The number of carbonyl (C=O) groups is 5. The number of aliphatic carboxylic acids is 2. The minimum atomic E-state index is -4.10. The summed E-state index contributed by atoms with van der Waals surface area (Å²) in [5.41, 5.74) is -0.870. The Morgan fingerprint density at radius 1 is 0.937 bits per heavy atom. The molecular formula is C37H41Cl3F4N5O13P. The van der Waals surface area contributed by atoms with Crippen LogP contribution in [0.15, 0.2) is 40.2 Å². The van der Waals surface area contributed by atoms with Crippen molar-refractivity contribution < 1.29 is 75.6 Å². The summed E-state index contributed by atoms with van der Waals surface area (Å²) in [6.45, 7) is -0.482. The van der Waals surface area contributed by atoms with Gasteiger partial charge in [0.05, 0.1) is 30.1 Å². The van der Waals surface area contributed by atoms with E-state index in [4.69, 9.17) is 64.3 Å². The van der Waals surface area contributed by atoms with Crippen LogP contribution in [0.4, 0.5) is 23.2 Å². The predicted molar refractivity (Wildman–Crippen MR) is 218 cm³/mol. The highest BCUT2D eigenvalue weighted by Crippen LogP contribution is 2.39. The molecule has 0 saturated heterocycles. The first kappa shape index (κ1) is 52.5. The molecule has 18 nitrogen and oxygen atoms in total. The van der Waals surface area contributed by atoms with Crippen LogP contribution in [-0.4, -0.2) is 95.5 Å². The van der Waals surface area contributed by atoms with Crippen molar-refractivity contribution in [2.24, 2.45) is 0 Å². The highest BCUT2D eigenvalue weighted by molar-refractivity contribution is 7.51. The highest BCUT2D eigenvalue weighted by atomic mass is 35.5. The number of aryl methyl sites for hydroxylation is 1. The molecule has 0 saturated carbocycles. The second-order valence-electron chi connectivity index (χ2n) is 13.5. The van der Waals surface area contributed by atoms with Crippen LogP contribution in [0.5, 0.6) is 5.75 Å². The van der Waals surface area contributed by atoms with Crippen LogP contribution >= 0.6 is 42.4 Å². The van der Waals surface area contributed by atoms with E-state index in [9.17, 15) is 50.9 Å². The van der Waals surface area contributed by atoms with Crippen molar-refractivity contribution in [2.45, 2.75) is 77.1 Å². The molecule has 1 atom stereocenters. The predicted octanol–water partition coefficient (Wildman–Crippen LogP) is 5.90. The lowest BCUT2D eigenvalue weighted by Gasteiger charge is -2.18. The molecule has 346 valence electrons. The van der Waals surface area contributed by atoms with Crippen LogP contribution < -0.4 is 20.6 Å². The van der Waals surface area contributed by atoms with Crippen molar-refractivity contribution in [3.63, 3.8) is 0 Å². The van der Waals surface area contributed by atoms with E-state index in [1.54, 1.807) is 0 Å². The Balaban J connectivity index is 0.000000280. The number of carbonyl (C=O) groups excluding carboxylic acids is 3. The number of nitrogens with one attached hydrogen (secondary N) is 1. The summed E-state index contributed by atoms with van der Waals surface area (Å²) >= 11 is 17.5. The number of benzene rings is 2. The molecule has 0 fully saturated rings. The molecule has 2 aliphatic rings. The molecule has 2 amide bonds. The summed E-state index contributed by atoms with van der Waals surface area (Å²) in [6, 6.07) is 4.04. The number of imide groups is 1. The fourth-order valence-corrected chi connectivity index (χ4v) is 6.82. The number of hydrogen-bond donors (Lipinski definition) is 5. The Morgan fingerprint density at radius 2 is 1.52 bits per heavy atom. The van der Waals surface area contributed by atoms with E-state index in [1.807, 2.05) is 6.92 Å². The molecule has 5 rings (SSSR count). The van der Waals surface area contributed by atoms with E-state index in [0.29, 0.717) is 35.3 Å². The van der Waals surface area contributed by atoms with Crippen molar-refractivity contribution in [1.29, 1.82) is 0 Å². The zero-order chi connectivity index (χ0) is 47.3. The fourth-order valence-electron chi connectivity index (χ4n) is 5.82. The van der Waals surface area contributed by atoms with Crippen molar-refractivity contribution in [1.82, 2.24) is 19.7 Å². The van der Waals surface area contributed by atoms with Crippen molar-refractivity contribution in [2.75, 3.05) is 30.9 Å². The first-order valence-electron chi connectivity index (χ1n) is 18.7. The lowest BCUT2D eigenvalue weighted by Crippen LogP contribution is -2.32. The number of carboxylic acids is 2. The average Bonchev–Trinajstić information content (AvgIpc) is 3.63. The van der Waals surface area contributed by atoms with Gasteiger partial charge in [0.1, 0.15) is 28.5 Å². The first-order chi connectivity index (χ1) is 29.5. The van der Waals surface area contributed by atoms with Gasteiger partial charge in [-0.1, -0.05) is 43.0 Å². The Morgan fingerprint density at radius 3 is 2.05 bits per heavy atom. The van der Waals surface area contributed by atoms with E-state index >= 15 is 0 Å². The number of anilines is 1. The van der Waals surface area contributed by atoms with E-state index < -0.39 is 91.7 Å². The molecule has 1 aliphatic carbocycles. The number of nitrogens with zero attached hydrogens (tertiary/aromatic N) is 4. The smallest absolute Gasteiger partial charge is 0.355 e. The summed E-state index contributed by atoms with van der Waals surface area (Å²) in [6.07, 6.45) is 4.54. The monoisotopic (exact) mass is 975 g/mol. The van der Waals surface area contributed by atoms with Gasteiger partial charge in [0.15, 0.2) is 12.4 Å². The zero-order valence-electron chi connectivity index (χ0n) is 33.3. The number of rotatable bonds is 17. The molecule has 0 bridgehead atoms. The third-order valence-corrected chi connectivity index (χ3v) is 10.4. The number of halogens is 7. The largest absolute Gasteiger partial charge is 0.480 e. The van der Waals surface area contributed by atoms with Crippen LogP contribution in [0, 0.1) is 18.6 Å². The normalized spacial score (nSPS) is 14.1. The standard InChI is InChI=1S/C21H23ClFNO5.C13H10Cl2F3N3O3.C3H8NO5P/c1-2-3-6-9-28-19(25)12-29-18-11-17(16(23)10-15(18)22)24-20(26)13-7-4-5-8-14(13)21(24)27;1-5-19-21(13(24)20(5)12(17)18)10-3-6(2-8(15)11(22)23)7(14)4-9(10)16;5-3(6)1-4-2-10(7,8)9/h10-11H,2-9,12H2,1H3;3-4,8,12H,2H2,1H3,(H,22,23);4H,1-2H2,(H,5,6)(H2,7,8,9). The van der Waals surface area contributed by atoms with Crippen molar-refractivity contribution >= 4 is 77.8 Å². The number of alkyl halides is 3. The molecule has 1 aromatic heterocycles. The number of ether oxygens (including phenoxy) is 2. The van der Waals surface area contributed by atoms with Crippen LogP contribution in [0.25, 0.3) is 5.69 Å². The summed E-state index contributed by atoms with van der Waals surface area (Å²) in [4.78, 5) is 86.9. The lowest BCUT2D eigenvalue weighted by molar-refractivity contribution is -0.146. The van der Waals surface area contributed by atoms with Gasteiger partial charge in [-0.15, -0.1) is 16.7 Å². The molecule has 3 aromatic rings. The molecule has 2 aromatic carbocycles. The number of unbranched alkanes of at least 4 members (excludes halogenated alkanes) is 2. The van der Waals surface area contributed by atoms with Gasteiger partial charge in [-0.25, -0.2) is 27.8 Å². The Kier molecular flexibility index (Phi) is 19.8. The third-order valence-electron chi connectivity index (χ3n) is 8.77. The van der Waals surface area contributed by atoms with Gasteiger partial charge in [-0.05, 0) is 62.8 Å². The number of aromatic nitrogens is 3. The maximum Gasteiger partial charge on any atom is 0.355 e. The van der Waals surface area contributed by atoms with Gasteiger partial charge in [-0.2, -0.15) is 13.5 Å². The summed E-state index contributed by atoms with van der Waals surface area (Å²) in [7, 11) is -4.10. The molecular weight excluding hydrogens is 936 g/mol. The maximum absolute atomic E-state index is 14.5. The average molecular weight is 977 g/mol. The Bertz CT molecular complexity index is 2310. The van der Waals surface area contributed by atoms with E-state index in [2.05, 4.69) is 10.4 Å².